The van der Waals surface area contributed by atoms with Crippen LogP contribution >= 0.6 is 11.6 Å². The van der Waals surface area contributed by atoms with Crippen LogP contribution in [0.4, 0.5) is 0 Å². The predicted octanol–water partition coefficient (Wildman–Crippen LogP) is 4.22. The van der Waals surface area contributed by atoms with Gasteiger partial charge in [-0.2, -0.15) is 5.10 Å². The number of nitrogens with zero attached hydrogens (tertiary/aromatic N) is 2. The largest absolute Gasteiger partial charge is 0.154 e. The van der Waals surface area contributed by atoms with Crippen molar-refractivity contribution in [3.8, 4) is 0 Å². The summed E-state index contributed by atoms with van der Waals surface area (Å²) in [6.45, 7) is 13.2. The topological polar surface area (TPSA) is 25.8 Å². The van der Waals surface area contributed by atoms with Gasteiger partial charge in [0.25, 0.3) is 0 Å². The van der Waals surface area contributed by atoms with Crippen LogP contribution in [-0.4, -0.2) is 10.2 Å². The minimum Gasteiger partial charge on any atom is -0.154 e. The van der Waals surface area contributed by atoms with Gasteiger partial charge in [-0.25, -0.2) is 0 Å². The summed E-state index contributed by atoms with van der Waals surface area (Å²) in [5.41, 5.74) is 3.35. The molecule has 3 heteroatoms. The standard InChI is InChI=1S/C14H23ClN2/c1-8(2)12(9(3)4)7-13-10(5)11(6)14(15)17-16-13/h8-9,12H,7H2,1-6H3. The van der Waals surface area contributed by atoms with Gasteiger partial charge in [-0.1, -0.05) is 39.3 Å². The average Bonchev–Trinajstić information content (AvgIpc) is 2.24. The molecule has 0 aliphatic carbocycles. The second-order valence-electron chi connectivity index (χ2n) is 5.54. The van der Waals surface area contributed by atoms with Gasteiger partial charge in [-0.15, -0.1) is 5.10 Å². The molecule has 0 fully saturated rings. The molecule has 0 bridgehead atoms. The molecule has 0 unspecified atom stereocenters. The fourth-order valence-corrected chi connectivity index (χ4v) is 2.46. The first-order valence-corrected chi connectivity index (χ1v) is 6.70. The number of aromatic nitrogens is 2. The Hall–Kier alpha value is -0.630. The van der Waals surface area contributed by atoms with E-state index >= 15 is 0 Å². The van der Waals surface area contributed by atoms with E-state index in [0.717, 1.165) is 17.7 Å². The second kappa shape index (κ2) is 5.81. The smallest absolute Gasteiger partial charge is 0.154 e. The van der Waals surface area contributed by atoms with Gasteiger partial charge in [0.1, 0.15) is 0 Å². The van der Waals surface area contributed by atoms with Gasteiger partial charge in [0.05, 0.1) is 5.69 Å². The lowest BCUT2D eigenvalue weighted by atomic mass is 9.81. The second-order valence-corrected chi connectivity index (χ2v) is 5.90. The zero-order valence-electron chi connectivity index (χ0n) is 11.7. The number of rotatable bonds is 4. The summed E-state index contributed by atoms with van der Waals surface area (Å²) < 4.78 is 0. The highest BCUT2D eigenvalue weighted by Gasteiger charge is 2.20. The molecule has 0 saturated heterocycles. The van der Waals surface area contributed by atoms with E-state index in [-0.39, 0.29) is 0 Å². The highest BCUT2D eigenvalue weighted by atomic mass is 35.5. The molecular formula is C14H23ClN2. The van der Waals surface area contributed by atoms with Crippen LogP contribution in [0.15, 0.2) is 0 Å². The summed E-state index contributed by atoms with van der Waals surface area (Å²) in [5, 5.41) is 8.81. The van der Waals surface area contributed by atoms with Crippen LogP contribution in [0, 0.1) is 31.6 Å². The van der Waals surface area contributed by atoms with Crippen molar-refractivity contribution in [1.29, 1.82) is 0 Å². The monoisotopic (exact) mass is 254 g/mol. The molecule has 1 rings (SSSR count). The van der Waals surface area contributed by atoms with Crippen molar-refractivity contribution in [2.75, 3.05) is 0 Å². The molecule has 96 valence electrons. The first-order chi connectivity index (χ1) is 7.84. The van der Waals surface area contributed by atoms with E-state index in [1.54, 1.807) is 0 Å². The molecule has 2 nitrogen and oxygen atoms in total. The Labute approximate surface area is 110 Å². The van der Waals surface area contributed by atoms with E-state index < -0.39 is 0 Å². The molecule has 0 N–H and O–H groups in total. The van der Waals surface area contributed by atoms with E-state index in [4.69, 9.17) is 11.6 Å². The Morgan fingerprint density at radius 1 is 0.941 bits per heavy atom. The maximum atomic E-state index is 5.97. The Morgan fingerprint density at radius 2 is 1.47 bits per heavy atom. The highest BCUT2D eigenvalue weighted by molar-refractivity contribution is 6.30. The minimum absolute atomic E-state index is 0.525. The molecular weight excluding hydrogens is 232 g/mol. The molecule has 17 heavy (non-hydrogen) atoms. The first kappa shape index (κ1) is 14.4. The number of hydrogen-bond donors (Lipinski definition) is 0. The SMILES string of the molecule is Cc1c(Cl)nnc(CC(C(C)C)C(C)C)c1C. The maximum absolute atomic E-state index is 5.97. The molecule has 0 amide bonds. The average molecular weight is 255 g/mol. The maximum Gasteiger partial charge on any atom is 0.154 e. The molecule has 1 aromatic rings. The van der Waals surface area contributed by atoms with Crippen molar-refractivity contribution in [2.45, 2.75) is 48.0 Å². The zero-order valence-corrected chi connectivity index (χ0v) is 12.5. The summed E-state index contributed by atoms with van der Waals surface area (Å²) in [4.78, 5) is 0. The molecule has 1 heterocycles. The number of halogens is 1. The Kier molecular flexibility index (Phi) is 4.93. The van der Waals surface area contributed by atoms with Gasteiger partial charge in [0.2, 0.25) is 0 Å². The summed E-state index contributed by atoms with van der Waals surface area (Å²) >= 11 is 5.97. The van der Waals surface area contributed by atoms with Crippen molar-refractivity contribution in [3.05, 3.63) is 22.0 Å². The zero-order chi connectivity index (χ0) is 13.2. The van der Waals surface area contributed by atoms with E-state index in [9.17, 15) is 0 Å². The highest BCUT2D eigenvalue weighted by Crippen LogP contribution is 2.27. The minimum atomic E-state index is 0.525. The third-order valence-electron chi connectivity index (χ3n) is 3.70. The van der Waals surface area contributed by atoms with Gasteiger partial charge in [0, 0.05) is 0 Å². The van der Waals surface area contributed by atoms with Gasteiger partial charge in [-0.3, -0.25) is 0 Å². The first-order valence-electron chi connectivity index (χ1n) is 6.32. The summed E-state index contributed by atoms with van der Waals surface area (Å²) in [6.07, 6.45) is 0.992. The molecule has 0 aliphatic rings. The van der Waals surface area contributed by atoms with Gasteiger partial charge in [0.15, 0.2) is 5.15 Å². The van der Waals surface area contributed by atoms with E-state index in [0.29, 0.717) is 22.9 Å². The quantitative estimate of drug-likeness (QED) is 0.804. The van der Waals surface area contributed by atoms with Gasteiger partial charge >= 0.3 is 0 Å². The molecule has 0 aliphatic heterocycles. The Bertz CT molecular complexity index is 378. The Balaban J connectivity index is 2.98. The summed E-state index contributed by atoms with van der Waals surface area (Å²) in [6, 6.07) is 0. The van der Waals surface area contributed by atoms with Crippen molar-refractivity contribution in [2.24, 2.45) is 17.8 Å². The van der Waals surface area contributed by atoms with E-state index in [2.05, 4.69) is 44.8 Å². The Morgan fingerprint density at radius 3 is 1.94 bits per heavy atom. The molecule has 0 atom stereocenters. The lowest BCUT2D eigenvalue weighted by molar-refractivity contribution is 0.283. The molecule has 0 spiro atoms. The van der Waals surface area contributed by atoms with Crippen LogP contribution < -0.4 is 0 Å². The van der Waals surface area contributed by atoms with Crippen LogP contribution in [0.3, 0.4) is 0 Å². The third kappa shape index (κ3) is 3.41. The van der Waals surface area contributed by atoms with Crippen LogP contribution in [0.25, 0.3) is 0 Å². The van der Waals surface area contributed by atoms with E-state index in [1.165, 1.54) is 5.56 Å². The van der Waals surface area contributed by atoms with Crippen molar-refractivity contribution in [1.82, 2.24) is 10.2 Å². The summed E-state index contributed by atoms with van der Waals surface area (Å²) in [7, 11) is 0. The lowest BCUT2D eigenvalue weighted by Crippen LogP contribution is -2.20. The molecule has 0 saturated carbocycles. The predicted molar refractivity (Wildman–Crippen MR) is 73.4 cm³/mol. The van der Waals surface area contributed by atoms with Crippen LogP contribution in [-0.2, 0) is 6.42 Å². The lowest BCUT2D eigenvalue weighted by Gasteiger charge is -2.25. The van der Waals surface area contributed by atoms with E-state index in [1.807, 2.05) is 6.92 Å². The fourth-order valence-electron chi connectivity index (χ4n) is 2.28. The number of hydrogen-bond acceptors (Lipinski definition) is 2. The summed E-state index contributed by atoms with van der Waals surface area (Å²) in [5.74, 6) is 1.96. The van der Waals surface area contributed by atoms with Gasteiger partial charge in [-0.05, 0) is 49.1 Å². The van der Waals surface area contributed by atoms with Crippen LogP contribution in [0.2, 0.25) is 5.15 Å². The van der Waals surface area contributed by atoms with Crippen molar-refractivity contribution in [3.63, 3.8) is 0 Å². The third-order valence-corrected chi connectivity index (χ3v) is 4.06. The normalized spacial score (nSPS) is 11.9. The molecule has 0 radical (unpaired) electrons. The van der Waals surface area contributed by atoms with Crippen LogP contribution in [0.1, 0.15) is 44.5 Å². The molecule has 1 aromatic heterocycles. The fraction of sp³-hybridized carbons (Fsp3) is 0.714. The van der Waals surface area contributed by atoms with Crippen molar-refractivity contribution < 1.29 is 0 Å². The van der Waals surface area contributed by atoms with Crippen LogP contribution in [0.5, 0.6) is 0 Å². The molecule has 0 aromatic carbocycles. The van der Waals surface area contributed by atoms with Gasteiger partial charge < -0.3 is 0 Å². The van der Waals surface area contributed by atoms with Crippen molar-refractivity contribution >= 4 is 11.6 Å².